The van der Waals surface area contributed by atoms with Crippen molar-refractivity contribution < 1.29 is 40.0 Å². The van der Waals surface area contributed by atoms with Crippen molar-refractivity contribution in [2.45, 2.75) is 38.5 Å². The van der Waals surface area contributed by atoms with Crippen LogP contribution in [0.5, 0.6) is 0 Å². The summed E-state index contributed by atoms with van der Waals surface area (Å²) in [5.74, 6) is 0.0428. The number of hydrogen-bond donors (Lipinski definition) is 1. The molecule has 2 aromatic heterocycles. The number of benzene rings is 2. The van der Waals surface area contributed by atoms with Gasteiger partial charge >= 0.3 is 12.4 Å². The van der Waals surface area contributed by atoms with Crippen molar-refractivity contribution >= 4 is 5.91 Å². The second kappa shape index (κ2) is 11.1. The molecule has 0 saturated carbocycles. The predicted octanol–water partition coefficient (Wildman–Crippen LogP) is 6.44. The predicted molar refractivity (Wildman–Crippen MR) is 122 cm³/mol. The van der Waals surface area contributed by atoms with Gasteiger partial charge in [-0.2, -0.15) is 26.3 Å². The minimum Gasteiger partial charge on any atom is -0.467 e. The molecule has 0 aliphatic heterocycles. The monoisotopic (exact) mass is 537 g/mol. The quantitative estimate of drug-likeness (QED) is 0.249. The normalized spacial score (nSPS) is 12.2. The Balaban J connectivity index is 1.53. The number of carbonyl (C=O) groups excluding carboxylic acids is 1. The largest absolute Gasteiger partial charge is 0.467 e. The van der Waals surface area contributed by atoms with Gasteiger partial charge < -0.3 is 14.2 Å². The summed E-state index contributed by atoms with van der Waals surface area (Å²) >= 11 is 0. The molecule has 0 saturated heterocycles. The fourth-order valence-electron chi connectivity index (χ4n) is 3.73. The van der Waals surface area contributed by atoms with Gasteiger partial charge in [-0.1, -0.05) is 36.4 Å². The van der Waals surface area contributed by atoms with E-state index in [1.807, 2.05) is 0 Å². The summed E-state index contributed by atoms with van der Waals surface area (Å²) in [5, 5.41) is 2.61. The molecular weight excluding hydrogens is 516 g/mol. The molecule has 4 aromatic rings. The van der Waals surface area contributed by atoms with Crippen LogP contribution in [-0.4, -0.2) is 15.8 Å². The zero-order valence-corrected chi connectivity index (χ0v) is 19.6. The fourth-order valence-corrected chi connectivity index (χ4v) is 3.73. The Morgan fingerprint density at radius 1 is 0.816 bits per heavy atom. The molecule has 2 aromatic carbocycles. The Labute approximate surface area is 212 Å². The Bertz CT molecular complexity index is 1300. The summed E-state index contributed by atoms with van der Waals surface area (Å²) in [5.41, 5.74) is -1.16. The van der Waals surface area contributed by atoms with Crippen LogP contribution in [0, 0.1) is 0 Å². The van der Waals surface area contributed by atoms with Crippen LogP contribution in [-0.2, 0) is 38.5 Å². The Morgan fingerprint density at radius 3 is 1.95 bits per heavy atom. The third-order valence-corrected chi connectivity index (χ3v) is 5.47. The summed E-state index contributed by atoms with van der Waals surface area (Å²) in [7, 11) is 0. The average Bonchev–Trinajstić information content (AvgIpc) is 3.54. The minimum atomic E-state index is -4.55. The topological polar surface area (TPSA) is 71.5 Å². The van der Waals surface area contributed by atoms with Crippen LogP contribution in [0.4, 0.5) is 26.3 Å². The lowest BCUT2D eigenvalue weighted by Gasteiger charge is -2.22. The number of nitrogens with zero attached hydrogens (tertiary/aromatic N) is 2. The summed E-state index contributed by atoms with van der Waals surface area (Å²) in [4.78, 5) is 18.1. The van der Waals surface area contributed by atoms with Gasteiger partial charge in [0.05, 0.1) is 30.5 Å². The second-order valence-electron chi connectivity index (χ2n) is 8.43. The van der Waals surface area contributed by atoms with Crippen LogP contribution in [0.1, 0.15) is 44.4 Å². The van der Waals surface area contributed by atoms with E-state index in [1.165, 1.54) is 30.5 Å². The fraction of sp³-hybridized carbons (Fsp3) is 0.231. The first-order valence-electron chi connectivity index (χ1n) is 11.3. The molecule has 38 heavy (non-hydrogen) atoms. The smallest absolute Gasteiger partial charge is 0.416 e. The third kappa shape index (κ3) is 7.25. The van der Waals surface area contributed by atoms with E-state index in [1.54, 1.807) is 17.0 Å². The number of hydrogen-bond acceptors (Lipinski definition) is 5. The van der Waals surface area contributed by atoms with Gasteiger partial charge in [-0.25, -0.2) is 4.98 Å². The highest BCUT2D eigenvalue weighted by Gasteiger charge is 2.31. The molecule has 0 radical (unpaired) electrons. The number of aromatic nitrogens is 1. The number of nitrogens with one attached hydrogen (secondary N) is 1. The van der Waals surface area contributed by atoms with E-state index in [9.17, 15) is 31.1 Å². The van der Waals surface area contributed by atoms with Gasteiger partial charge in [0, 0.05) is 13.1 Å². The number of alkyl halides is 6. The molecule has 0 atom stereocenters. The maximum atomic E-state index is 13.2. The van der Waals surface area contributed by atoms with E-state index in [0.717, 1.165) is 30.5 Å². The van der Waals surface area contributed by atoms with Crippen LogP contribution in [0.2, 0.25) is 0 Å². The molecule has 0 fully saturated rings. The van der Waals surface area contributed by atoms with Crippen molar-refractivity contribution in [2.75, 3.05) is 0 Å². The Hall–Kier alpha value is -4.06. The van der Waals surface area contributed by atoms with Crippen molar-refractivity contribution in [3.63, 3.8) is 0 Å². The SMILES string of the molecule is O=C(NCc1ccco1)c1coc(CN(Cc2cccc(C(F)(F)F)c2)Cc2cccc(C(F)(F)F)c2)n1. The van der Waals surface area contributed by atoms with Crippen molar-refractivity contribution in [2.24, 2.45) is 0 Å². The molecular formula is C26H21F6N3O3. The Morgan fingerprint density at radius 2 is 1.42 bits per heavy atom. The number of halogens is 6. The summed E-state index contributed by atoms with van der Waals surface area (Å²) in [6.45, 7) is -0.0751. The molecule has 1 N–H and O–H groups in total. The molecule has 0 aliphatic rings. The van der Waals surface area contributed by atoms with Gasteiger partial charge in [0.15, 0.2) is 5.69 Å². The van der Waals surface area contributed by atoms with Crippen LogP contribution in [0.15, 0.2) is 82.0 Å². The number of oxazole rings is 1. The van der Waals surface area contributed by atoms with Gasteiger partial charge in [0.1, 0.15) is 12.0 Å². The van der Waals surface area contributed by atoms with Crippen LogP contribution in [0.25, 0.3) is 0 Å². The van der Waals surface area contributed by atoms with E-state index >= 15 is 0 Å². The minimum absolute atomic E-state index is 0.0374. The standard InChI is InChI=1S/C26H21F6N3O3/c27-25(28,29)19-6-1-4-17(10-19)13-35(14-18-5-2-7-20(11-18)26(30,31)32)15-23-34-22(16-38-23)24(36)33-12-21-8-3-9-37-21/h1-11,16H,12-15H2,(H,33,36). The zero-order valence-electron chi connectivity index (χ0n) is 19.6. The first kappa shape index (κ1) is 27.0. The van der Waals surface area contributed by atoms with Gasteiger partial charge in [0.2, 0.25) is 5.89 Å². The summed E-state index contributed by atoms with van der Waals surface area (Å²) in [6.07, 6.45) is -6.52. The molecule has 0 spiro atoms. The van der Waals surface area contributed by atoms with Crippen molar-refractivity contribution in [1.29, 1.82) is 0 Å². The van der Waals surface area contributed by atoms with Crippen molar-refractivity contribution in [1.82, 2.24) is 15.2 Å². The van der Waals surface area contributed by atoms with Crippen molar-refractivity contribution in [3.05, 3.63) is 113 Å². The second-order valence-corrected chi connectivity index (χ2v) is 8.43. The highest BCUT2D eigenvalue weighted by molar-refractivity contribution is 5.91. The lowest BCUT2D eigenvalue weighted by atomic mass is 10.1. The third-order valence-electron chi connectivity index (χ3n) is 5.47. The zero-order chi connectivity index (χ0) is 27.3. The van der Waals surface area contributed by atoms with Crippen LogP contribution in [0.3, 0.4) is 0 Å². The van der Waals surface area contributed by atoms with Crippen LogP contribution < -0.4 is 5.32 Å². The van der Waals surface area contributed by atoms with E-state index in [4.69, 9.17) is 8.83 Å². The molecule has 0 aliphatic carbocycles. The number of furan rings is 1. The maximum absolute atomic E-state index is 13.2. The van der Waals surface area contributed by atoms with Gasteiger partial charge in [-0.05, 0) is 35.4 Å². The molecule has 12 heteroatoms. The van der Waals surface area contributed by atoms with Crippen molar-refractivity contribution in [3.8, 4) is 0 Å². The van der Waals surface area contributed by atoms with E-state index in [2.05, 4.69) is 10.3 Å². The van der Waals surface area contributed by atoms with E-state index < -0.39 is 29.4 Å². The molecule has 6 nitrogen and oxygen atoms in total. The Kier molecular flexibility index (Phi) is 7.91. The maximum Gasteiger partial charge on any atom is 0.416 e. The van der Waals surface area contributed by atoms with Crippen LogP contribution >= 0.6 is 0 Å². The summed E-state index contributed by atoms with van der Waals surface area (Å²) in [6, 6.07) is 12.6. The lowest BCUT2D eigenvalue weighted by molar-refractivity contribution is -0.138. The molecule has 4 rings (SSSR count). The van der Waals surface area contributed by atoms with E-state index in [-0.39, 0.29) is 48.9 Å². The first-order chi connectivity index (χ1) is 18.0. The molecule has 0 bridgehead atoms. The lowest BCUT2D eigenvalue weighted by Crippen LogP contribution is -2.24. The molecule has 1 amide bonds. The van der Waals surface area contributed by atoms with Gasteiger partial charge in [0.25, 0.3) is 5.91 Å². The first-order valence-corrected chi connectivity index (χ1v) is 11.3. The van der Waals surface area contributed by atoms with Gasteiger partial charge in [-0.3, -0.25) is 9.69 Å². The highest BCUT2D eigenvalue weighted by Crippen LogP contribution is 2.31. The molecule has 0 unspecified atom stereocenters. The number of rotatable bonds is 9. The molecule has 200 valence electrons. The van der Waals surface area contributed by atoms with E-state index in [0.29, 0.717) is 5.76 Å². The number of amides is 1. The summed E-state index contributed by atoms with van der Waals surface area (Å²) < 4.78 is 89.7. The van der Waals surface area contributed by atoms with Gasteiger partial charge in [-0.15, -0.1) is 0 Å². The average molecular weight is 537 g/mol. The number of carbonyl (C=O) groups is 1. The molecule has 2 heterocycles. The highest BCUT2D eigenvalue weighted by atomic mass is 19.4.